The van der Waals surface area contributed by atoms with E-state index in [2.05, 4.69) is 4.98 Å². The van der Waals surface area contributed by atoms with Crippen molar-refractivity contribution < 1.29 is 22.3 Å². The van der Waals surface area contributed by atoms with Crippen LogP contribution in [0.4, 0.5) is 13.2 Å². The van der Waals surface area contributed by atoms with Crippen molar-refractivity contribution in [3.8, 4) is 17.3 Å². The summed E-state index contributed by atoms with van der Waals surface area (Å²) in [5.74, 6) is -0.970. The van der Waals surface area contributed by atoms with Crippen molar-refractivity contribution in [1.82, 2.24) is 9.55 Å². The normalized spacial score (nSPS) is 12.4. The highest BCUT2D eigenvalue weighted by atomic mass is 19.4. The lowest BCUT2D eigenvalue weighted by Crippen LogP contribution is -2.22. The SMILES string of the molecule is C[C@H](Cn1c(C(F)(F)F)cnc1-c1occc(=O)c1OCc1ccccc1)C(c1ccccc1)c1ccccc1. The Kier molecular flexibility index (Phi) is 7.86. The molecule has 2 aromatic heterocycles. The van der Waals surface area contributed by atoms with Gasteiger partial charge in [0.25, 0.3) is 0 Å². The number of imidazole rings is 1. The minimum Gasteiger partial charge on any atom is -0.481 e. The Morgan fingerprint density at radius 2 is 1.45 bits per heavy atom. The lowest BCUT2D eigenvalue weighted by Gasteiger charge is -2.27. The summed E-state index contributed by atoms with van der Waals surface area (Å²) in [6, 6.07) is 29.7. The second kappa shape index (κ2) is 11.7. The summed E-state index contributed by atoms with van der Waals surface area (Å²) in [4.78, 5) is 16.9. The molecule has 5 rings (SSSR count). The number of aromatic nitrogens is 2. The van der Waals surface area contributed by atoms with E-state index in [0.29, 0.717) is 0 Å². The standard InChI is InChI=1S/C32H27F3N2O3/c1-22(28(24-13-7-3-8-14-24)25-15-9-4-10-16-25)20-37-27(32(33,34)35)19-36-31(37)30-29(26(38)17-18-39-30)40-21-23-11-5-2-6-12-23/h2-19,22,28H,20-21H2,1H3/t22-/m1/s1. The van der Waals surface area contributed by atoms with Crippen LogP contribution in [0.1, 0.15) is 35.2 Å². The molecule has 0 spiro atoms. The van der Waals surface area contributed by atoms with Crippen LogP contribution < -0.4 is 10.2 Å². The van der Waals surface area contributed by atoms with Gasteiger partial charge in [-0.05, 0) is 22.6 Å². The molecule has 8 heteroatoms. The summed E-state index contributed by atoms with van der Waals surface area (Å²) in [5, 5.41) is 0. The number of hydrogen-bond acceptors (Lipinski definition) is 4. The molecule has 3 aromatic carbocycles. The quantitative estimate of drug-likeness (QED) is 0.192. The topological polar surface area (TPSA) is 57.3 Å². The average molecular weight is 545 g/mol. The maximum absolute atomic E-state index is 14.2. The second-order valence-corrected chi connectivity index (χ2v) is 9.57. The third-order valence-corrected chi connectivity index (χ3v) is 6.77. The van der Waals surface area contributed by atoms with Crippen molar-refractivity contribution in [2.24, 2.45) is 5.92 Å². The smallest absolute Gasteiger partial charge is 0.433 e. The highest BCUT2D eigenvalue weighted by Gasteiger charge is 2.38. The average Bonchev–Trinajstić information content (AvgIpc) is 3.38. The van der Waals surface area contributed by atoms with Gasteiger partial charge in [0.05, 0.1) is 12.5 Å². The van der Waals surface area contributed by atoms with Gasteiger partial charge in [-0.25, -0.2) is 4.98 Å². The summed E-state index contributed by atoms with van der Waals surface area (Å²) in [5.41, 5.74) is 1.30. The summed E-state index contributed by atoms with van der Waals surface area (Å²) in [7, 11) is 0. The first kappa shape index (κ1) is 27.0. The van der Waals surface area contributed by atoms with Gasteiger partial charge in [-0.15, -0.1) is 0 Å². The lowest BCUT2D eigenvalue weighted by atomic mass is 9.81. The van der Waals surface area contributed by atoms with Gasteiger partial charge in [0.1, 0.15) is 12.3 Å². The molecular formula is C32H27F3N2O3. The first-order valence-electron chi connectivity index (χ1n) is 12.8. The zero-order chi connectivity index (χ0) is 28.1. The van der Waals surface area contributed by atoms with E-state index in [9.17, 15) is 18.0 Å². The van der Waals surface area contributed by atoms with E-state index in [1.165, 1.54) is 6.07 Å². The third kappa shape index (κ3) is 5.86. The van der Waals surface area contributed by atoms with E-state index >= 15 is 0 Å². The predicted octanol–water partition coefficient (Wildman–Crippen LogP) is 7.57. The summed E-state index contributed by atoms with van der Waals surface area (Å²) in [6.07, 6.45) is -2.77. The fourth-order valence-corrected chi connectivity index (χ4v) is 4.96. The number of rotatable bonds is 9. The number of nitrogens with zero attached hydrogens (tertiary/aromatic N) is 2. The molecule has 0 aliphatic heterocycles. The van der Waals surface area contributed by atoms with Crippen LogP contribution in [0.3, 0.4) is 0 Å². The molecule has 0 unspecified atom stereocenters. The molecule has 0 saturated carbocycles. The van der Waals surface area contributed by atoms with Crippen LogP contribution >= 0.6 is 0 Å². The monoisotopic (exact) mass is 544 g/mol. The van der Waals surface area contributed by atoms with E-state index in [-0.39, 0.29) is 42.3 Å². The van der Waals surface area contributed by atoms with Gasteiger partial charge < -0.3 is 13.7 Å². The highest BCUT2D eigenvalue weighted by molar-refractivity contribution is 5.57. The van der Waals surface area contributed by atoms with Crippen molar-refractivity contribution in [1.29, 1.82) is 0 Å². The number of benzene rings is 3. The molecule has 0 N–H and O–H groups in total. The fourth-order valence-electron chi connectivity index (χ4n) is 4.96. The lowest BCUT2D eigenvalue weighted by molar-refractivity contribution is -0.143. The van der Waals surface area contributed by atoms with Gasteiger partial charge in [-0.3, -0.25) is 4.79 Å². The summed E-state index contributed by atoms with van der Waals surface area (Å²) < 4.78 is 55.2. The molecule has 0 amide bonds. The minimum atomic E-state index is -4.68. The Morgan fingerprint density at radius 3 is 2.02 bits per heavy atom. The predicted molar refractivity (Wildman–Crippen MR) is 146 cm³/mol. The first-order chi connectivity index (χ1) is 19.3. The molecule has 5 nitrogen and oxygen atoms in total. The maximum Gasteiger partial charge on any atom is 0.433 e. The molecule has 0 bridgehead atoms. The second-order valence-electron chi connectivity index (χ2n) is 9.57. The van der Waals surface area contributed by atoms with E-state index in [1.807, 2.05) is 97.9 Å². The van der Waals surface area contributed by atoms with Crippen LogP contribution in [-0.2, 0) is 19.3 Å². The number of alkyl halides is 3. The Balaban J connectivity index is 1.57. The highest BCUT2D eigenvalue weighted by Crippen LogP contribution is 2.38. The number of halogens is 3. The van der Waals surface area contributed by atoms with Crippen LogP contribution in [-0.4, -0.2) is 9.55 Å². The van der Waals surface area contributed by atoms with Crippen molar-refractivity contribution in [2.75, 3.05) is 0 Å². The molecular weight excluding hydrogens is 517 g/mol. The van der Waals surface area contributed by atoms with Gasteiger partial charge in [-0.2, -0.15) is 13.2 Å². The molecule has 5 aromatic rings. The molecule has 0 aliphatic carbocycles. The van der Waals surface area contributed by atoms with Crippen molar-refractivity contribution in [3.63, 3.8) is 0 Å². The van der Waals surface area contributed by atoms with Gasteiger partial charge >= 0.3 is 6.18 Å². The largest absolute Gasteiger partial charge is 0.481 e. The maximum atomic E-state index is 14.2. The van der Waals surface area contributed by atoms with Gasteiger partial charge in [-0.1, -0.05) is 97.9 Å². The van der Waals surface area contributed by atoms with Crippen LogP contribution in [0.5, 0.6) is 5.75 Å². The van der Waals surface area contributed by atoms with Gasteiger partial charge in [0.2, 0.25) is 16.9 Å². The first-order valence-corrected chi connectivity index (χ1v) is 12.8. The molecule has 2 heterocycles. The Labute approximate surface area is 229 Å². The Morgan fingerprint density at radius 1 is 0.875 bits per heavy atom. The van der Waals surface area contributed by atoms with E-state index < -0.39 is 17.3 Å². The minimum absolute atomic E-state index is 0.0376. The van der Waals surface area contributed by atoms with Crippen LogP contribution in [0, 0.1) is 5.92 Å². The molecule has 1 atom stereocenters. The zero-order valence-electron chi connectivity index (χ0n) is 21.7. The summed E-state index contributed by atoms with van der Waals surface area (Å²) in [6.45, 7) is 1.90. The van der Waals surface area contributed by atoms with E-state index in [1.54, 1.807) is 0 Å². The van der Waals surface area contributed by atoms with Crippen LogP contribution in [0.25, 0.3) is 11.6 Å². The number of ether oxygens (including phenoxy) is 1. The molecule has 40 heavy (non-hydrogen) atoms. The van der Waals surface area contributed by atoms with Crippen molar-refractivity contribution in [2.45, 2.75) is 32.2 Å². The van der Waals surface area contributed by atoms with Crippen molar-refractivity contribution in [3.05, 3.63) is 142 Å². The number of hydrogen-bond donors (Lipinski definition) is 0. The van der Waals surface area contributed by atoms with Crippen LogP contribution in [0.2, 0.25) is 0 Å². The molecule has 0 saturated heterocycles. The summed E-state index contributed by atoms with van der Waals surface area (Å²) >= 11 is 0. The van der Waals surface area contributed by atoms with E-state index in [0.717, 1.165) is 33.7 Å². The Hall–Kier alpha value is -4.59. The molecule has 0 radical (unpaired) electrons. The van der Waals surface area contributed by atoms with E-state index in [4.69, 9.17) is 9.15 Å². The molecule has 0 aliphatic rings. The van der Waals surface area contributed by atoms with Gasteiger partial charge in [0, 0.05) is 18.5 Å². The van der Waals surface area contributed by atoms with Gasteiger partial charge in [0.15, 0.2) is 5.82 Å². The third-order valence-electron chi connectivity index (χ3n) is 6.77. The molecule has 0 fully saturated rings. The fraction of sp³-hybridized carbons (Fsp3) is 0.188. The van der Waals surface area contributed by atoms with Crippen LogP contribution in [0.15, 0.2) is 119 Å². The molecule has 204 valence electrons. The Bertz CT molecular complexity index is 1560. The van der Waals surface area contributed by atoms with Crippen molar-refractivity contribution >= 4 is 0 Å². The zero-order valence-corrected chi connectivity index (χ0v) is 21.7.